The molecule has 4 aromatic rings. The number of aromatic hydroxyl groups is 1. The molecule has 5 nitrogen and oxygen atoms in total. The van der Waals surface area contributed by atoms with E-state index in [-0.39, 0.29) is 17.9 Å². The molecule has 0 amide bonds. The van der Waals surface area contributed by atoms with E-state index < -0.39 is 11.0 Å². The van der Waals surface area contributed by atoms with Crippen LogP contribution in [0.5, 0.6) is 11.5 Å². The summed E-state index contributed by atoms with van der Waals surface area (Å²) in [7, 11) is 2.22. The van der Waals surface area contributed by atoms with E-state index in [0.717, 1.165) is 59.3 Å². The minimum absolute atomic E-state index is 0.163. The van der Waals surface area contributed by atoms with Gasteiger partial charge in [0.1, 0.15) is 5.60 Å². The molecule has 1 spiro atoms. The van der Waals surface area contributed by atoms with Crippen molar-refractivity contribution < 1.29 is 14.6 Å². The third-order valence-corrected chi connectivity index (χ3v) is 9.92. The van der Waals surface area contributed by atoms with Crippen LogP contribution in [0.3, 0.4) is 0 Å². The molecule has 1 saturated heterocycles. The average molecular weight is 537 g/mol. The topological polar surface area (TPSA) is 54.8 Å². The van der Waals surface area contributed by atoms with Crippen molar-refractivity contribution in [2.45, 2.75) is 49.0 Å². The number of phenolic OH excluding ortho intramolecular Hbond substituents is 1. The van der Waals surface area contributed by atoms with Gasteiger partial charge in [0, 0.05) is 34.8 Å². The number of likely N-dealkylation sites (tertiary alicyclic amines) is 1. The normalized spacial score (nSPS) is 27.9. The summed E-state index contributed by atoms with van der Waals surface area (Å²) in [5.74, 6) is 0.816. The summed E-state index contributed by atoms with van der Waals surface area (Å²) in [6.07, 6.45) is 4.08. The molecule has 196 valence electrons. The van der Waals surface area contributed by atoms with E-state index in [4.69, 9.17) is 26.1 Å². The van der Waals surface area contributed by atoms with Crippen molar-refractivity contribution in [1.82, 2.24) is 9.88 Å². The number of phenols is 1. The fourth-order valence-electron chi connectivity index (χ4n) is 7.94. The molecule has 1 N–H and O–H groups in total. The monoisotopic (exact) mass is 536 g/mol. The van der Waals surface area contributed by atoms with Gasteiger partial charge >= 0.3 is 0 Å². The molecule has 3 heterocycles. The molecule has 3 aromatic carbocycles. The molecule has 8 rings (SSSR count). The van der Waals surface area contributed by atoms with Crippen molar-refractivity contribution in [1.29, 1.82) is 0 Å². The fraction of sp³-hybridized carbons (Fsp3) is 0.303. The minimum Gasteiger partial charge on any atom is -0.504 e. The van der Waals surface area contributed by atoms with E-state index in [1.807, 2.05) is 36.5 Å². The lowest BCUT2D eigenvalue weighted by Crippen LogP contribution is -2.74. The fourth-order valence-corrected chi connectivity index (χ4v) is 8.07. The maximum Gasteiger partial charge on any atom is 0.166 e. The summed E-state index contributed by atoms with van der Waals surface area (Å²) in [5.41, 5.74) is 6.80. The van der Waals surface area contributed by atoms with Crippen LogP contribution in [0.25, 0.3) is 11.1 Å². The molecule has 4 atom stereocenters. The zero-order valence-electron chi connectivity index (χ0n) is 21.7. The number of hydrogen-bond donors (Lipinski definition) is 1. The van der Waals surface area contributed by atoms with Crippen LogP contribution in [0.1, 0.15) is 40.5 Å². The number of likely N-dealkylation sites (N-methyl/N-ethyl adjacent to an activating group) is 1. The van der Waals surface area contributed by atoms with E-state index in [0.29, 0.717) is 17.4 Å². The van der Waals surface area contributed by atoms with Gasteiger partial charge in [0.2, 0.25) is 0 Å². The lowest BCUT2D eigenvalue weighted by Gasteiger charge is -2.64. The molecule has 4 aliphatic rings. The van der Waals surface area contributed by atoms with Crippen molar-refractivity contribution in [3.05, 3.63) is 112 Å². The number of rotatable bonds is 4. The number of halogens is 1. The summed E-state index contributed by atoms with van der Waals surface area (Å²) in [4.78, 5) is 7.54. The van der Waals surface area contributed by atoms with E-state index in [2.05, 4.69) is 48.3 Å². The van der Waals surface area contributed by atoms with E-state index >= 15 is 0 Å². The molecule has 2 aliphatic carbocycles. The third-order valence-electron chi connectivity index (χ3n) is 9.67. The van der Waals surface area contributed by atoms with Gasteiger partial charge in [0.05, 0.1) is 17.7 Å². The Labute approximate surface area is 233 Å². The molecule has 2 bridgehead atoms. The molecule has 6 heteroatoms. The van der Waals surface area contributed by atoms with Crippen molar-refractivity contribution in [3.63, 3.8) is 0 Å². The number of pyridine rings is 1. The quantitative estimate of drug-likeness (QED) is 0.334. The predicted octanol–water partition coefficient (Wildman–Crippen LogP) is 6.25. The van der Waals surface area contributed by atoms with E-state index in [1.165, 1.54) is 5.56 Å². The molecule has 1 unspecified atom stereocenters. The standard InChI is InChI=1S/C33H29ClN2O3/c1-36-14-13-32-28-22-9-12-26(37)30(28)39-31(32)29-23(15-24(18-35-29)21-7-10-25(34)11-8-21)17-33(32,27(36)16-22)38-19-20-5-3-2-4-6-20/h2-12,15,18,27,31,37H,13-14,16-17,19H2,1H3/t27?,31-,32-,33+/m0/s1. The van der Waals surface area contributed by atoms with Gasteiger partial charge in [0.25, 0.3) is 0 Å². The smallest absolute Gasteiger partial charge is 0.166 e. The highest BCUT2D eigenvalue weighted by molar-refractivity contribution is 6.30. The number of hydrogen-bond acceptors (Lipinski definition) is 5. The Morgan fingerprint density at radius 1 is 1.05 bits per heavy atom. The molecule has 2 aliphatic heterocycles. The van der Waals surface area contributed by atoms with Crippen molar-refractivity contribution >= 4 is 11.6 Å². The van der Waals surface area contributed by atoms with Crippen LogP contribution in [0.4, 0.5) is 0 Å². The highest BCUT2D eigenvalue weighted by atomic mass is 35.5. The molecular weight excluding hydrogens is 508 g/mol. The molecule has 1 aromatic heterocycles. The average Bonchev–Trinajstić information content (AvgIpc) is 3.32. The molecule has 0 saturated carbocycles. The van der Waals surface area contributed by atoms with Crippen LogP contribution >= 0.6 is 11.6 Å². The van der Waals surface area contributed by atoms with Crippen molar-refractivity contribution in [2.75, 3.05) is 13.6 Å². The van der Waals surface area contributed by atoms with Gasteiger partial charge in [-0.15, -0.1) is 0 Å². The van der Waals surface area contributed by atoms with Gasteiger partial charge < -0.3 is 19.5 Å². The second kappa shape index (κ2) is 8.31. The summed E-state index contributed by atoms with van der Waals surface area (Å²) < 4.78 is 14.0. The second-order valence-electron chi connectivity index (χ2n) is 11.5. The zero-order chi connectivity index (χ0) is 26.4. The van der Waals surface area contributed by atoms with Gasteiger partial charge in [-0.1, -0.05) is 60.1 Å². The third kappa shape index (κ3) is 3.12. The molecule has 0 radical (unpaired) electrons. The Balaban J connectivity index is 1.35. The number of benzene rings is 3. The summed E-state index contributed by atoms with van der Waals surface area (Å²) in [6.45, 7) is 1.45. The van der Waals surface area contributed by atoms with Crippen LogP contribution in [0, 0.1) is 0 Å². The Bertz CT molecular complexity index is 1610. The summed E-state index contributed by atoms with van der Waals surface area (Å²) >= 11 is 6.17. The number of fused-ring (bicyclic) bond motifs is 2. The largest absolute Gasteiger partial charge is 0.504 e. The van der Waals surface area contributed by atoms with Crippen LogP contribution in [0.15, 0.2) is 79.0 Å². The first-order valence-corrected chi connectivity index (χ1v) is 14.0. The van der Waals surface area contributed by atoms with Gasteiger partial charge in [-0.05, 0) is 73.0 Å². The van der Waals surface area contributed by atoms with Crippen molar-refractivity contribution in [3.8, 4) is 22.6 Å². The number of ether oxygens (including phenoxy) is 2. The lowest BCUT2D eigenvalue weighted by molar-refractivity contribution is -0.207. The van der Waals surface area contributed by atoms with Crippen molar-refractivity contribution in [2.24, 2.45) is 0 Å². The van der Waals surface area contributed by atoms with Crippen LogP contribution in [-0.2, 0) is 29.6 Å². The Hall–Kier alpha value is -3.38. The maximum atomic E-state index is 11.0. The van der Waals surface area contributed by atoms with Gasteiger partial charge in [-0.25, -0.2) is 0 Å². The van der Waals surface area contributed by atoms with Crippen LogP contribution in [-0.4, -0.2) is 40.2 Å². The number of piperidine rings is 1. The van der Waals surface area contributed by atoms with Crippen LogP contribution in [0.2, 0.25) is 5.02 Å². The first kappa shape index (κ1) is 23.5. The lowest BCUT2D eigenvalue weighted by atomic mass is 9.48. The van der Waals surface area contributed by atoms with E-state index in [9.17, 15) is 5.11 Å². The minimum atomic E-state index is -0.542. The van der Waals surface area contributed by atoms with Gasteiger partial charge in [-0.2, -0.15) is 0 Å². The van der Waals surface area contributed by atoms with Crippen LogP contribution < -0.4 is 4.74 Å². The molecular formula is C33H29ClN2O3. The number of aromatic nitrogens is 1. The Kier molecular flexibility index (Phi) is 5.01. The highest BCUT2D eigenvalue weighted by Crippen LogP contribution is 2.69. The maximum absolute atomic E-state index is 11.0. The first-order chi connectivity index (χ1) is 19.0. The summed E-state index contributed by atoms with van der Waals surface area (Å²) in [6, 6.07) is 24.6. The Morgan fingerprint density at radius 2 is 1.87 bits per heavy atom. The molecule has 1 fully saturated rings. The van der Waals surface area contributed by atoms with E-state index in [1.54, 1.807) is 6.07 Å². The Morgan fingerprint density at radius 3 is 2.69 bits per heavy atom. The first-order valence-electron chi connectivity index (χ1n) is 13.6. The summed E-state index contributed by atoms with van der Waals surface area (Å²) in [5, 5.41) is 11.7. The molecule has 39 heavy (non-hydrogen) atoms. The van der Waals surface area contributed by atoms with Gasteiger partial charge in [0.15, 0.2) is 17.6 Å². The highest BCUT2D eigenvalue weighted by Gasteiger charge is 2.73. The predicted molar refractivity (Wildman–Crippen MR) is 150 cm³/mol. The second-order valence-corrected chi connectivity index (χ2v) is 11.9. The number of nitrogens with zero attached hydrogens (tertiary/aromatic N) is 2. The SMILES string of the molecule is CN1CC[C@]23c4c5ccc(O)c4O[C@H]2c2ncc(-c4ccc(Cl)cc4)cc2C[C@@]3(OCc2ccccc2)C1C5. The van der Waals surface area contributed by atoms with Gasteiger partial charge in [-0.3, -0.25) is 4.98 Å². The zero-order valence-corrected chi connectivity index (χ0v) is 22.5.